The van der Waals surface area contributed by atoms with Crippen molar-refractivity contribution < 1.29 is 4.79 Å². The molecule has 1 aromatic carbocycles. The fourth-order valence-corrected chi connectivity index (χ4v) is 3.47. The number of amides is 1. The van der Waals surface area contributed by atoms with Crippen LogP contribution in [0.15, 0.2) is 41.2 Å². The number of rotatable bonds is 4. The molecule has 3 N–H and O–H groups in total. The van der Waals surface area contributed by atoms with E-state index in [2.05, 4.69) is 28.0 Å². The van der Waals surface area contributed by atoms with Crippen molar-refractivity contribution in [1.29, 1.82) is 0 Å². The van der Waals surface area contributed by atoms with Crippen molar-refractivity contribution in [3.05, 3.63) is 69.1 Å². The van der Waals surface area contributed by atoms with Crippen LogP contribution in [-0.4, -0.2) is 35.9 Å². The molecule has 1 saturated heterocycles. The summed E-state index contributed by atoms with van der Waals surface area (Å²) in [4.78, 5) is 29.4. The first-order valence-corrected chi connectivity index (χ1v) is 8.46. The number of aryl methyl sites for hydroxylation is 2. The van der Waals surface area contributed by atoms with Crippen molar-refractivity contribution in [2.75, 3.05) is 20.1 Å². The second kappa shape index (κ2) is 7.21. The summed E-state index contributed by atoms with van der Waals surface area (Å²) in [7, 11) is 1.75. The zero-order chi connectivity index (χ0) is 18.0. The first-order chi connectivity index (χ1) is 12.0. The lowest BCUT2D eigenvalue weighted by Gasteiger charge is -2.25. The number of H-pyrrole nitrogens is 1. The summed E-state index contributed by atoms with van der Waals surface area (Å²) in [5.74, 6) is -0.0151. The highest BCUT2D eigenvalue weighted by atomic mass is 16.2. The number of carbonyl (C=O) groups is 1. The maximum absolute atomic E-state index is 12.8. The topological polar surface area (TPSA) is 77.2 Å². The molecule has 1 fully saturated rings. The first-order valence-electron chi connectivity index (χ1n) is 8.46. The largest absolute Gasteiger partial charge is 0.341 e. The van der Waals surface area contributed by atoms with E-state index in [0.717, 1.165) is 12.2 Å². The van der Waals surface area contributed by atoms with E-state index in [4.69, 9.17) is 0 Å². The van der Waals surface area contributed by atoms with Gasteiger partial charge in [-0.1, -0.05) is 30.3 Å². The molecule has 0 saturated carbocycles. The third-order valence-corrected chi connectivity index (χ3v) is 4.69. The molecule has 0 aliphatic carbocycles. The average Bonchev–Trinajstić information content (AvgIpc) is 3.02. The molecule has 2 atom stereocenters. The van der Waals surface area contributed by atoms with Gasteiger partial charge in [0.05, 0.1) is 6.04 Å². The van der Waals surface area contributed by atoms with E-state index in [9.17, 15) is 9.59 Å². The van der Waals surface area contributed by atoms with Crippen LogP contribution in [-0.2, 0) is 0 Å². The van der Waals surface area contributed by atoms with Gasteiger partial charge in [-0.05, 0) is 31.0 Å². The third kappa shape index (κ3) is 3.65. The lowest BCUT2D eigenvalue weighted by atomic mass is 9.94. The van der Waals surface area contributed by atoms with E-state index in [1.807, 2.05) is 31.2 Å². The lowest BCUT2D eigenvalue weighted by molar-refractivity contribution is 0.0769. The van der Waals surface area contributed by atoms with Crippen LogP contribution in [0.25, 0.3) is 0 Å². The van der Waals surface area contributed by atoms with Gasteiger partial charge in [0.2, 0.25) is 0 Å². The Morgan fingerprint density at radius 3 is 2.64 bits per heavy atom. The molecule has 0 spiro atoms. The molecule has 6 heteroatoms. The van der Waals surface area contributed by atoms with Crippen LogP contribution in [0, 0.1) is 19.8 Å². The highest BCUT2D eigenvalue weighted by Gasteiger charge is 2.31. The number of pyridine rings is 1. The van der Waals surface area contributed by atoms with Crippen LogP contribution in [0.1, 0.15) is 33.2 Å². The summed E-state index contributed by atoms with van der Waals surface area (Å²) in [6.07, 6.45) is 0. The summed E-state index contributed by atoms with van der Waals surface area (Å²) >= 11 is 0. The van der Waals surface area contributed by atoms with Gasteiger partial charge in [0.25, 0.3) is 11.5 Å². The number of nitrogens with one attached hydrogen (secondary N) is 3. The molecule has 25 heavy (non-hydrogen) atoms. The van der Waals surface area contributed by atoms with E-state index in [1.54, 1.807) is 18.9 Å². The molecular weight excluding hydrogens is 316 g/mol. The zero-order valence-corrected chi connectivity index (χ0v) is 14.8. The standard InChI is InChI=1S/C19H24N4O2/c1-12-9-13(2)21-18(24)16(12)19(25)23(3)11-15-10-20-22-17(15)14-7-5-4-6-8-14/h4-9,15,17,20,22H,10-11H2,1-3H3,(H,21,24). The van der Waals surface area contributed by atoms with Crippen molar-refractivity contribution in [3.8, 4) is 0 Å². The monoisotopic (exact) mass is 340 g/mol. The third-order valence-electron chi connectivity index (χ3n) is 4.69. The predicted octanol–water partition coefficient (Wildman–Crippen LogP) is 1.53. The molecule has 3 rings (SSSR count). The summed E-state index contributed by atoms with van der Waals surface area (Å²) in [6.45, 7) is 4.94. The minimum atomic E-state index is -0.323. The van der Waals surface area contributed by atoms with Crippen molar-refractivity contribution in [2.24, 2.45) is 5.92 Å². The lowest BCUT2D eigenvalue weighted by Crippen LogP contribution is -2.37. The SMILES string of the molecule is Cc1cc(C)c(C(=O)N(C)CC2CNNC2c2ccccc2)c(=O)[nH]1. The molecule has 1 aromatic heterocycles. The molecule has 132 valence electrons. The summed E-state index contributed by atoms with van der Waals surface area (Å²) < 4.78 is 0. The molecular formula is C19H24N4O2. The highest BCUT2D eigenvalue weighted by Crippen LogP contribution is 2.25. The van der Waals surface area contributed by atoms with Crippen molar-refractivity contribution in [2.45, 2.75) is 19.9 Å². The Bertz CT molecular complexity index is 816. The van der Waals surface area contributed by atoms with Crippen LogP contribution in [0.5, 0.6) is 0 Å². The maximum Gasteiger partial charge on any atom is 0.261 e. The van der Waals surface area contributed by atoms with Gasteiger partial charge in [-0.15, -0.1) is 0 Å². The predicted molar refractivity (Wildman–Crippen MR) is 97.3 cm³/mol. The van der Waals surface area contributed by atoms with Gasteiger partial charge in [0.15, 0.2) is 0 Å². The van der Waals surface area contributed by atoms with Crippen molar-refractivity contribution >= 4 is 5.91 Å². The highest BCUT2D eigenvalue weighted by molar-refractivity contribution is 5.95. The minimum Gasteiger partial charge on any atom is -0.341 e. The fourth-order valence-electron chi connectivity index (χ4n) is 3.47. The minimum absolute atomic E-state index is 0.133. The van der Waals surface area contributed by atoms with Gasteiger partial charge in [-0.2, -0.15) is 0 Å². The molecule has 1 amide bonds. The van der Waals surface area contributed by atoms with Gasteiger partial charge in [-0.3, -0.25) is 15.0 Å². The smallest absolute Gasteiger partial charge is 0.261 e. The van der Waals surface area contributed by atoms with Gasteiger partial charge in [0.1, 0.15) is 5.56 Å². The Balaban J connectivity index is 1.77. The van der Waals surface area contributed by atoms with E-state index in [1.165, 1.54) is 5.56 Å². The number of hydrazine groups is 1. The number of carbonyl (C=O) groups excluding carboxylic acids is 1. The van der Waals surface area contributed by atoms with Crippen LogP contribution in [0.2, 0.25) is 0 Å². The number of aromatic nitrogens is 1. The summed E-state index contributed by atoms with van der Waals surface area (Å²) in [5.41, 5.74) is 9.01. The summed E-state index contributed by atoms with van der Waals surface area (Å²) in [5, 5.41) is 0. The van der Waals surface area contributed by atoms with E-state index in [0.29, 0.717) is 12.1 Å². The van der Waals surface area contributed by atoms with Gasteiger partial charge in [-0.25, -0.2) is 5.43 Å². The first kappa shape index (κ1) is 17.4. The zero-order valence-electron chi connectivity index (χ0n) is 14.8. The Morgan fingerprint density at radius 1 is 1.24 bits per heavy atom. The van der Waals surface area contributed by atoms with E-state index >= 15 is 0 Å². The number of nitrogens with zero attached hydrogens (tertiary/aromatic N) is 1. The molecule has 6 nitrogen and oxygen atoms in total. The Kier molecular flexibility index (Phi) is 5.01. The van der Waals surface area contributed by atoms with Crippen LogP contribution in [0.3, 0.4) is 0 Å². The van der Waals surface area contributed by atoms with Gasteiger partial charge in [0, 0.05) is 31.7 Å². The molecule has 1 aliphatic rings. The van der Waals surface area contributed by atoms with E-state index in [-0.39, 0.29) is 29.0 Å². The van der Waals surface area contributed by atoms with E-state index < -0.39 is 0 Å². The second-order valence-corrected chi connectivity index (χ2v) is 6.70. The maximum atomic E-state index is 12.8. The van der Waals surface area contributed by atoms with Crippen LogP contribution < -0.4 is 16.4 Å². The van der Waals surface area contributed by atoms with Crippen molar-refractivity contribution in [1.82, 2.24) is 20.7 Å². The van der Waals surface area contributed by atoms with Crippen LogP contribution >= 0.6 is 0 Å². The second-order valence-electron chi connectivity index (χ2n) is 6.70. The molecule has 1 aliphatic heterocycles. The summed E-state index contributed by atoms with van der Waals surface area (Å²) in [6, 6.07) is 12.1. The molecule has 0 bridgehead atoms. The molecule has 2 unspecified atom stereocenters. The molecule has 2 heterocycles. The Labute approximate surface area is 147 Å². The number of hydrogen-bond donors (Lipinski definition) is 3. The number of hydrogen-bond acceptors (Lipinski definition) is 4. The molecule has 0 radical (unpaired) electrons. The fraction of sp³-hybridized carbons (Fsp3) is 0.368. The number of benzene rings is 1. The normalized spacial score (nSPS) is 19.8. The van der Waals surface area contributed by atoms with Gasteiger partial charge < -0.3 is 9.88 Å². The van der Waals surface area contributed by atoms with Gasteiger partial charge >= 0.3 is 0 Å². The Hall–Kier alpha value is -2.44. The van der Waals surface area contributed by atoms with Crippen molar-refractivity contribution in [3.63, 3.8) is 0 Å². The quantitative estimate of drug-likeness (QED) is 0.789. The average molecular weight is 340 g/mol. The van der Waals surface area contributed by atoms with Crippen LogP contribution in [0.4, 0.5) is 0 Å². The molecule has 2 aromatic rings. The number of aromatic amines is 1. The Morgan fingerprint density at radius 2 is 1.96 bits per heavy atom.